The molecule has 0 saturated carbocycles. The van der Waals surface area contributed by atoms with Gasteiger partial charge in [-0.2, -0.15) is 8.78 Å². The van der Waals surface area contributed by atoms with Crippen LogP contribution in [0.25, 0.3) is 0 Å². The molecule has 28 heavy (non-hydrogen) atoms. The summed E-state index contributed by atoms with van der Waals surface area (Å²) in [6.45, 7) is 1.59. The van der Waals surface area contributed by atoms with E-state index in [1.807, 2.05) is 17.9 Å². The Labute approximate surface area is 164 Å². The quantitative estimate of drug-likeness (QED) is 0.518. The number of carbonyl (C=O) groups excluding carboxylic acids is 1. The van der Waals surface area contributed by atoms with Crippen LogP contribution in [0.1, 0.15) is 19.8 Å². The molecule has 2 rings (SSSR count). The predicted molar refractivity (Wildman–Crippen MR) is 106 cm³/mol. The van der Waals surface area contributed by atoms with Crippen molar-refractivity contribution in [3.8, 4) is 5.75 Å². The fourth-order valence-corrected chi connectivity index (χ4v) is 3.01. The van der Waals surface area contributed by atoms with Crippen molar-refractivity contribution in [1.29, 1.82) is 0 Å². The topological polar surface area (TPSA) is 69.2 Å². The number of nitrogens with zero attached hydrogens (tertiary/aromatic N) is 3. The van der Waals surface area contributed by atoms with Gasteiger partial charge in [-0.1, -0.05) is 12.1 Å². The highest BCUT2D eigenvalue weighted by Gasteiger charge is 2.26. The maximum absolute atomic E-state index is 12.6. The lowest BCUT2D eigenvalue weighted by atomic mass is 10.2. The Kier molecular flexibility index (Phi) is 8.28. The van der Waals surface area contributed by atoms with Crippen molar-refractivity contribution in [1.82, 2.24) is 15.5 Å². The van der Waals surface area contributed by atoms with Gasteiger partial charge in [0, 0.05) is 46.2 Å². The van der Waals surface area contributed by atoms with E-state index in [2.05, 4.69) is 20.4 Å². The number of hydrogen-bond acceptors (Lipinski definition) is 4. The van der Waals surface area contributed by atoms with Gasteiger partial charge in [-0.15, -0.1) is 0 Å². The first kappa shape index (κ1) is 21.7. The number of amides is 1. The van der Waals surface area contributed by atoms with E-state index < -0.39 is 6.61 Å². The normalized spacial score (nSPS) is 17.0. The molecule has 0 spiro atoms. The molecule has 1 saturated heterocycles. The maximum atomic E-state index is 12.6. The summed E-state index contributed by atoms with van der Waals surface area (Å²) in [7, 11) is 3.44. The van der Waals surface area contributed by atoms with Crippen molar-refractivity contribution < 1.29 is 18.3 Å². The summed E-state index contributed by atoms with van der Waals surface area (Å²) in [5.74, 6) is 0.862. The van der Waals surface area contributed by atoms with Crippen molar-refractivity contribution in [2.45, 2.75) is 32.4 Å². The molecule has 156 valence electrons. The van der Waals surface area contributed by atoms with Gasteiger partial charge >= 0.3 is 6.61 Å². The van der Waals surface area contributed by atoms with Gasteiger partial charge in [0.05, 0.1) is 12.2 Å². The van der Waals surface area contributed by atoms with Crippen molar-refractivity contribution in [2.24, 2.45) is 4.99 Å². The van der Waals surface area contributed by atoms with E-state index in [-0.39, 0.29) is 17.7 Å². The molecule has 0 bridgehead atoms. The molecule has 2 N–H and O–H groups in total. The summed E-state index contributed by atoms with van der Waals surface area (Å²) in [6, 6.07) is 6.93. The number of anilines is 1. The van der Waals surface area contributed by atoms with E-state index in [0.29, 0.717) is 37.7 Å². The van der Waals surface area contributed by atoms with Crippen LogP contribution in [0, 0.1) is 0 Å². The summed E-state index contributed by atoms with van der Waals surface area (Å²) in [6.07, 6.45) is 1.18. The number of halogens is 2. The Morgan fingerprint density at radius 3 is 2.82 bits per heavy atom. The van der Waals surface area contributed by atoms with E-state index in [1.165, 1.54) is 0 Å². The second kappa shape index (κ2) is 10.7. The predicted octanol–water partition coefficient (Wildman–Crippen LogP) is 1.90. The third-order valence-electron chi connectivity index (χ3n) is 4.39. The zero-order valence-electron chi connectivity index (χ0n) is 16.6. The van der Waals surface area contributed by atoms with Crippen LogP contribution in [-0.2, 0) is 4.79 Å². The van der Waals surface area contributed by atoms with Crippen molar-refractivity contribution in [2.75, 3.05) is 45.2 Å². The van der Waals surface area contributed by atoms with Crippen LogP contribution in [0.2, 0.25) is 0 Å². The molecule has 1 atom stereocenters. The molecule has 0 aromatic heterocycles. The molecule has 1 aromatic rings. The minimum atomic E-state index is -2.85. The number of carbonyl (C=O) groups is 1. The molecule has 0 radical (unpaired) electrons. The van der Waals surface area contributed by atoms with Crippen LogP contribution < -0.4 is 20.3 Å². The van der Waals surface area contributed by atoms with Crippen molar-refractivity contribution >= 4 is 17.6 Å². The minimum Gasteiger partial charge on any atom is -0.433 e. The van der Waals surface area contributed by atoms with Gasteiger partial charge in [0.15, 0.2) is 5.96 Å². The lowest BCUT2D eigenvalue weighted by molar-refractivity contribution is -0.128. The zero-order valence-corrected chi connectivity index (χ0v) is 16.6. The fourth-order valence-electron chi connectivity index (χ4n) is 3.01. The summed E-state index contributed by atoms with van der Waals surface area (Å²) in [5, 5.41) is 6.54. The Morgan fingerprint density at radius 2 is 2.14 bits per heavy atom. The van der Waals surface area contributed by atoms with Gasteiger partial charge in [-0.05, 0) is 25.5 Å². The largest absolute Gasteiger partial charge is 0.433 e. The fraction of sp³-hybridized carbons (Fsp3) is 0.579. The number of nitrogens with one attached hydrogen (secondary N) is 2. The van der Waals surface area contributed by atoms with Gasteiger partial charge in [0.2, 0.25) is 5.91 Å². The maximum Gasteiger partial charge on any atom is 0.387 e. The lowest BCUT2D eigenvalue weighted by Crippen LogP contribution is -2.44. The van der Waals surface area contributed by atoms with E-state index >= 15 is 0 Å². The standard InChI is InChI=1S/C19H29F2N5O2/c1-4-22-19(23-11-9-17(27)25(2)3)24-14-10-12-26(13-14)15-7-5-6-8-16(15)28-18(20)21/h5-8,14,18H,4,9-13H2,1-3H3,(H2,22,23,24). The molecule has 1 heterocycles. The summed E-state index contributed by atoms with van der Waals surface area (Å²) >= 11 is 0. The van der Waals surface area contributed by atoms with Gasteiger partial charge < -0.3 is 25.2 Å². The number of aliphatic imine (C=N–C) groups is 1. The van der Waals surface area contributed by atoms with Crippen molar-refractivity contribution in [3.63, 3.8) is 0 Å². The van der Waals surface area contributed by atoms with Gasteiger partial charge in [0.1, 0.15) is 5.75 Å². The molecule has 7 nitrogen and oxygen atoms in total. The first-order chi connectivity index (χ1) is 13.4. The smallest absolute Gasteiger partial charge is 0.387 e. The number of para-hydroxylation sites is 2. The van der Waals surface area contributed by atoms with Crippen LogP contribution >= 0.6 is 0 Å². The van der Waals surface area contributed by atoms with Gasteiger partial charge in [-0.3, -0.25) is 9.79 Å². The molecule has 1 aliphatic heterocycles. The molecule has 1 fully saturated rings. The first-order valence-electron chi connectivity index (χ1n) is 9.44. The molecule has 1 aliphatic rings. The number of benzene rings is 1. The SMILES string of the molecule is CCNC(=NCCC(=O)N(C)C)NC1CCN(c2ccccc2OC(F)F)C1. The summed E-state index contributed by atoms with van der Waals surface area (Å²) in [5.41, 5.74) is 0.658. The monoisotopic (exact) mass is 397 g/mol. The van der Waals surface area contributed by atoms with Gasteiger partial charge in [-0.25, -0.2) is 0 Å². The molecule has 1 aromatic carbocycles. The highest BCUT2D eigenvalue weighted by Crippen LogP contribution is 2.31. The van der Waals surface area contributed by atoms with E-state index in [4.69, 9.17) is 0 Å². The Bertz CT molecular complexity index is 669. The van der Waals surface area contributed by atoms with Gasteiger partial charge in [0.25, 0.3) is 0 Å². The average molecular weight is 397 g/mol. The van der Waals surface area contributed by atoms with Crippen LogP contribution in [0.3, 0.4) is 0 Å². The lowest BCUT2D eigenvalue weighted by Gasteiger charge is -2.22. The Hall–Kier alpha value is -2.58. The third-order valence-corrected chi connectivity index (χ3v) is 4.39. The molecule has 1 unspecified atom stereocenters. The van der Waals surface area contributed by atoms with E-state index in [1.54, 1.807) is 37.2 Å². The molecule has 0 aliphatic carbocycles. The second-order valence-corrected chi connectivity index (χ2v) is 6.72. The Morgan fingerprint density at radius 1 is 1.39 bits per heavy atom. The number of alkyl halides is 2. The third kappa shape index (κ3) is 6.54. The van der Waals surface area contributed by atoms with Crippen LogP contribution in [0.5, 0.6) is 5.75 Å². The summed E-state index contributed by atoms with van der Waals surface area (Å²) < 4.78 is 29.9. The molecule has 1 amide bonds. The average Bonchev–Trinajstić information content (AvgIpc) is 3.10. The van der Waals surface area contributed by atoms with Crippen molar-refractivity contribution in [3.05, 3.63) is 24.3 Å². The number of ether oxygens (including phenoxy) is 1. The van der Waals surface area contributed by atoms with E-state index in [0.717, 1.165) is 13.0 Å². The van der Waals surface area contributed by atoms with Crippen LogP contribution in [0.15, 0.2) is 29.3 Å². The molecular formula is C19H29F2N5O2. The molecular weight excluding hydrogens is 368 g/mol. The number of rotatable bonds is 8. The Balaban J connectivity index is 1.95. The number of guanidine groups is 1. The van der Waals surface area contributed by atoms with Crippen LogP contribution in [0.4, 0.5) is 14.5 Å². The van der Waals surface area contributed by atoms with E-state index in [9.17, 15) is 13.6 Å². The number of hydrogen-bond donors (Lipinski definition) is 2. The highest BCUT2D eigenvalue weighted by atomic mass is 19.3. The first-order valence-corrected chi connectivity index (χ1v) is 9.44. The zero-order chi connectivity index (χ0) is 20.5. The van der Waals surface area contributed by atoms with Crippen LogP contribution in [-0.4, -0.2) is 69.7 Å². The second-order valence-electron chi connectivity index (χ2n) is 6.72. The minimum absolute atomic E-state index is 0.0299. The molecule has 9 heteroatoms. The highest BCUT2D eigenvalue weighted by molar-refractivity contribution is 5.81. The summed E-state index contributed by atoms with van der Waals surface area (Å²) in [4.78, 5) is 19.7.